The maximum atomic E-state index is 12.3. The van der Waals surface area contributed by atoms with E-state index in [1.807, 2.05) is 25.7 Å². The van der Waals surface area contributed by atoms with Gasteiger partial charge in [0.1, 0.15) is 5.60 Å². The molecule has 0 heterocycles. The second kappa shape index (κ2) is 7.20. The number of hydrogen-bond acceptors (Lipinski definition) is 3. The summed E-state index contributed by atoms with van der Waals surface area (Å²) in [6.07, 6.45) is 4.37. The fourth-order valence-electron chi connectivity index (χ4n) is 2.14. The first kappa shape index (κ1) is 16.9. The number of nitrogens with zero attached hydrogens (tertiary/aromatic N) is 2. The van der Waals surface area contributed by atoms with Crippen molar-refractivity contribution in [1.29, 1.82) is 0 Å². The summed E-state index contributed by atoms with van der Waals surface area (Å²) in [4.78, 5) is 18.6. The summed E-state index contributed by atoms with van der Waals surface area (Å²) >= 11 is 0. The number of carbonyl (C=O) groups is 1. The number of amides is 1. The molecule has 0 unspecified atom stereocenters. The predicted molar refractivity (Wildman–Crippen MR) is 88.1 cm³/mol. The molecule has 0 aromatic carbocycles. The number of ether oxygens (including phenoxy) is 1. The Bertz CT molecular complexity index is 409. The van der Waals surface area contributed by atoms with Gasteiger partial charge >= 0.3 is 6.09 Å². The van der Waals surface area contributed by atoms with Crippen LogP contribution >= 0.6 is 0 Å². The molecule has 2 saturated carbocycles. The first-order valence-corrected chi connectivity index (χ1v) is 8.43. The van der Waals surface area contributed by atoms with Gasteiger partial charge in [-0.15, -0.1) is 0 Å². The van der Waals surface area contributed by atoms with E-state index in [0.29, 0.717) is 25.2 Å². The van der Waals surface area contributed by atoms with Crippen LogP contribution in [0.4, 0.5) is 4.79 Å². The quantitative estimate of drug-likeness (QED) is 0.582. The van der Waals surface area contributed by atoms with E-state index in [2.05, 4.69) is 22.5 Å². The van der Waals surface area contributed by atoms with Crippen molar-refractivity contribution in [2.24, 2.45) is 4.99 Å². The highest BCUT2D eigenvalue weighted by Crippen LogP contribution is 2.28. The molecule has 0 aromatic heterocycles. The number of guanidine groups is 1. The third-order valence-corrected chi connectivity index (χ3v) is 3.49. The van der Waals surface area contributed by atoms with Crippen LogP contribution in [0.5, 0.6) is 0 Å². The second-order valence-corrected chi connectivity index (χ2v) is 7.08. The van der Waals surface area contributed by atoms with Gasteiger partial charge in [-0.05, 0) is 53.4 Å². The summed E-state index contributed by atoms with van der Waals surface area (Å²) in [5.74, 6) is 0.852. The third-order valence-electron chi connectivity index (χ3n) is 3.49. The monoisotopic (exact) mass is 310 g/mol. The minimum Gasteiger partial charge on any atom is -0.444 e. The molecule has 0 bridgehead atoms. The lowest BCUT2D eigenvalue weighted by atomic mass is 10.2. The van der Waals surface area contributed by atoms with E-state index in [9.17, 15) is 4.79 Å². The molecule has 2 aliphatic carbocycles. The standard InChI is InChI=1S/C16H30N4O2/c1-5-17-14(19-12-6-7-12)18-10-11-20(13-8-9-13)15(21)22-16(2,3)4/h12-13H,5-11H2,1-4H3,(H2,17,18,19). The fraction of sp³-hybridized carbons (Fsp3) is 0.875. The van der Waals surface area contributed by atoms with Crippen molar-refractivity contribution in [3.05, 3.63) is 0 Å². The number of hydrogen-bond donors (Lipinski definition) is 2. The average molecular weight is 310 g/mol. The van der Waals surface area contributed by atoms with Crippen LogP contribution in [-0.4, -0.2) is 54.3 Å². The zero-order chi connectivity index (χ0) is 16.2. The lowest BCUT2D eigenvalue weighted by molar-refractivity contribution is 0.0240. The molecular formula is C16H30N4O2. The molecule has 1 amide bonds. The summed E-state index contributed by atoms with van der Waals surface area (Å²) in [6, 6.07) is 0.909. The maximum Gasteiger partial charge on any atom is 0.410 e. The lowest BCUT2D eigenvalue weighted by Gasteiger charge is -2.27. The van der Waals surface area contributed by atoms with Crippen LogP contribution in [0.1, 0.15) is 53.4 Å². The smallest absolute Gasteiger partial charge is 0.410 e. The number of carbonyl (C=O) groups excluding carboxylic acids is 1. The third kappa shape index (κ3) is 6.12. The molecule has 2 N–H and O–H groups in total. The highest BCUT2D eigenvalue weighted by Gasteiger charge is 2.34. The SMILES string of the molecule is CCNC(=NCCN(C(=O)OC(C)(C)C)C1CC1)NC1CC1. The molecular weight excluding hydrogens is 280 g/mol. The Balaban J connectivity index is 1.83. The van der Waals surface area contributed by atoms with Gasteiger partial charge < -0.3 is 20.3 Å². The van der Waals surface area contributed by atoms with E-state index in [1.165, 1.54) is 12.8 Å². The number of rotatable bonds is 6. The van der Waals surface area contributed by atoms with Gasteiger partial charge in [-0.25, -0.2) is 4.79 Å². The van der Waals surface area contributed by atoms with Crippen molar-refractivity contribution in [3.8, 4) is 0 Å². The molecule has 0 aromatic rings. The van der Waals surface area contributed by atoms with Crippen LogP contribution < -0.4 is 10.6 Å². The maximum absolute atomic E-state index is 12.3. The van der Waals surface area contributed by atoms with Gasteiger partial charge in [-0.3, -0.25) is 4.99 Å². The van der Waals surface area contributed by atoms with Gasteiger partial charge in [0.25, 0.3) is 0 Å². The van der Waals surface area contributed by atoms with Gasteiger partial charge in [0.2, 0.25) is 0 Å². The first-order chi connectivity index (χ1) is 10.4. The Labute approximate surface area is 133 Å². The Morgan fingerprint density at radius 3 is 2.45 bits per heavy atom. The molecule has 2 aliphatic rings. The van der Waals surface area contributed by atoms with Crippen molar-refractivity contribution < 1.29 is 9.53 Å². The number of nitrogens with one attached hydrogen (secondary N) is 2. The van der Waals surface area contributed by atoms with E-state index >= 15 is 0 Å². The second-order valence-electron chi connectivity index (χ2n) is 7.08. The Morgan fingerprint density at radius 2 is 1.95 bits per heavy atom. The Kier molecular flexibility index (Phi) is 5.53. The summed E-state index contributed by atoms with van der Waals surface area (Å²) in [5, 5.41) is 6.63. The largest absolute Gasteiger partial charge is 0.444 e. The van der Waals surface area contributed by atoms with Gasteiger partial charge in [0, 0.05) is 25.2 Å². The van der Waals surface area contributed by atoms with Crippen LogP contribution in [0.2, 0.25) is 0 Å². The predicted octanol–water partition coefficient (Wildman–Crippen LogP) is 2.10. The van der Waals surface area contributed by atoms with Crippen LogP contribution in [0.15, 0.2) is 4.99 Å². The Hall–Kier alpha value is -1.46. The van der Waals surface area contributed by atoms with Crippen molar-refractivity contribution in [2.75, 3.05) is 19.6 Å². The molecule has 22 heavy (non-hydrogen) atoms. The number of aliphatic imine (C=N–C) groups is 1. The highest BCUT2D eigenvalue weighted by atomic mass is 16.6. The molecule has 0 saturated heterocycles. The van der Waals surface area contributed by atoms with Gasteiger partial charge in [0.05, 0.1) is 6.54 Å². The molecule has 0 radical (unpaired) electrons. The van der Waals surface area contributed by atoms with Gasteiger partial charge in [-0.1, -0.05) is 0 Å². The minimum absolute atomic E-state index is 0.217. The average Bonchev–Trinajstić information content (AvgIpc) is 3.25. The fourth-order valence-corrected chi connectivity index (χ4v) is 2.14. The molecule has 0 spiro atoms. The molecule has 6 heteroatoms. The van der Waals surface area contributed by atoms with Crippen molar-refractivity contribution in [2.45, 2.75) is 71.1 Å². The minimum atomic E-state index is -0.448. The van der Waals surface area contributed by atoms with Crippen LogP contribution in [0.25, 0.3) is 0 Å². The summed E-state index contributed by atoms with van der Waals surface area (Å²) in [7, 11) is 0. The van der Waals surface area contributed by atoms with Crippen LogP contribution in [-0.2, 0) is 4.74 Å². The highest BCUT2D eigenvalue weighted by molar-refractivity contribution is 5.80. The summed E-state index contributed by atoms with van der Waals surface area (Å²) in [5.41, 5.74) is -0.448. The lowest BCUT2D eigenvalue weighted by Crippen LogP contribution is -2.41. The summed E-state index contributed by atoms with van der Waals surface area (Å²) < 4.78 is 5.49. The molecule has 6 nitrogen and oxygen atoms in total. The van der Waals surface area contributed by atoms with E-state index < -0.39 is 5.60 Å². The zero-order valence-electron chi connectivity index (χ0n) is 14.3. The van der Waals surface area contributed by atoms with Gasteiger partial charge in [-0.2, -0.15) is 0 Å². The normalized spacial score (nSPS) is 18.8. The molecule has 2 fully saturated rings. The molecule has 0 atom stereocenters. The topological polar surface area (TPSA) is 66.0 Å². The summed E-state index contributed by atoms with van der Waals surface area (Å²) in [6.45, 7) is 9.81. The van der Waals surface area contributed by atoms with E-state index in [-0.39, 0.29) is 6.09 Å². The van der Waals surface area contributed by atoms with E-state index in [1.54, 1.807) is 0 Å². The van der Waals surface area contributed by atoms with Crippen LogP contribution in [0.3, 0.4) is 0 Å². The van der Waals surface area contributed by atoms with Gasteiger partial charge in [0.15, 0.2) is 5.96 Å². The zero-order valence-corrected chi connectivity index (χ0v) is 14.3. The van der Waals surface area contributed by atoms with Crippen molar-refractivity contribution in [3.63, 3.8) is 0 Å². The molecule has 2 rings (SSSR count). The van der Waals surface area contributed by atoms with E-state index in [4.69, 9.17) is 4.74 Å². The molecule has 0 aliphatic heterocycles. The van der Waals surface area contributed by atoms with Crippen LogP contribution in [0, 0.1) is 0 Å². The van der Waals surface area contributed by atoms with Crippen molar-refractivity contribution >= 4 is 12.1 Å². The van der Waals surface area contributed by atoms with Crippen molar-refractivity contribution in [1.82, 2.24) is 15.5 Å². The van der Waals surface area contributed by atoms with E-state index in [0.717, 1.165) is 25.3 Å². The Morgan fingerprint density at radius 1 is 1.27 bits per heavy atom. The first-order valence-electron chi connectivity index (χ1n) is 8.43. The molecule has 126 valence electrons.